The van der Waals surface area contributed by atoms with Gasteiger partial charge in [0.2, 0.25) is 0 Å². The van der Waals surface area contributed by atoms with Crippen molar-refractivity contribution in [2.24, 2.45) is 5.84 Å². The topological polar surface area (TPSA) is 38.0 Å². The molecule has 0 aliphatic carbocycles. The van der Waals surface area contributed by atoms with Crippen LogP contribution in [-0.4, -0.2) is 0 Å². The quantitative estimate of drug-likeness (QED) is 0.651. The van der Waals surface area contributed by atoms with E-state index < -0.39 is 0 Å². The molecule has 0 fully saturated rings. The van der Waals surface area contributed by atoms with E-state index in [0.29, 0.717) is 15.9 Å². The number of nitrogens with two attached hydrogens (primary N) is 1. The average Bonchev–Trinajstić information content (AvgIpc) is 2.41. The summed E-state index contributed by atoms with van der Waals surface area (Å²) in [5, 5.41) is 0.681. The van der Waals surface area contributed by atoms with E-state index in [1.165, 1.54) is 6.07 Å². The van der Waals surface area contributed by atoms with Gasteiger partial charge in [0.05, 0.1) is 10.5 Å². The van der Waals surface area contributed by atoms with E-state index in [1.54, 1.807) is 6.07 Å². The minimum Gasteiger partial charge on any atom is -0.271 e. The lowest BCUT2D eigenvalue weighted by Crippen LogP contribution is -2.29. The number of hydrogen-bond acceptors (Lipinski definition) is 2. The van der Waals surface area contributed by atoms with Crippen LogP contribution in [-0.2, 0) is 6.42 Å². The molecule has 1 unspecified atom stereocenters. The van der Waals surface area contributed by atoms with Crippen molar-refractivity contribution in [1.82, 2.24) is 5.43 Å². The van der Waals surface area contributed by atoms with Crippen molar-refractivity contribution in [3.05, 3.63) is 68.9 Å². The number of nitrogens with one attached hydrogen (secondary N) is 1. The molecule has 0 spiro atoms. The standard InChI is InChI=1S/C14H13BrClFN2/c15-11-6-5-10(7-13(11)17)14(19-18)8-9-3-1-2-4-12(9)16/h1-7,14,19H,8,18H2. The summed E-state index contributed by atoms with van der Waals surface area (Å²) < 4.78 is 14.0. The summed E-state index contributed by atoms with van der Waals surface area (Å²) in [6, 6.07) is 12.3. The van der Waals surface area contributed by atoms with E-state index in [4.69, 9.17) is 17.4 Å². The second-order valence-electron chi connectivity index (χ2n) is 4.19. The summed E-state index contributed by atoms with van der Waals surface area (Å²) in [4.78, 5) is 0. The first-order valence-electron chi connectivity index (χ1n) is 5.76. The Morgan fingerprint density at radius 1 is 1.26 bits per heavy atom. The highest BCUT2D eigenvalue weighted by Crippen LogP contribution is 2.25. The van der Waals surface area contributed by atoms with Crippen LogP contribution in [0.3, 0.4) is 0 Å². The van der Waals surface area contributed by atoms with Crippen molar-refractivity contribution in [2.45, 2.75) is 12.5 Å². The monoisotopic (exact) mass is 342 g/mol. The highest BCUT2D eigenvalue weighted by Gasteiger charge is 2.14. The molecule has 19 heavy (non-hydrogen) atoms. The van der Waals surface area contributed by atoms with Gasteiger partial charge in [-0.1, -0.05) is 35.9 Å². The summed E-state index contributed by atoms with van der Waals surface area (Å²) in [7, 11) is 0. The maximum atomic E-state index is 13.6. The molecular formula is C14H13BrClFN2. The maximum Gasteiger partial charge on any atom is 0.137 e. The number of halogens is 3. The smallest absolute Gasteiger partial charge is 0.137 e. The van der Waals surface area contributed by atoms with Crippen LogP contribution in [0.4, 0.5) is 4.39 Å². The van der Waals surface area contributed by atoms with Gasteiger partial charge >= 0.3 is 0 Å². The van der Waals surface area contributed by atoms with Gasteiger partial charge in [0.25, 0.3) is 0 Å². The number of benzene rings is 2. The van der Waals surface area contributed by atoms with Crippen molar-refractivity contribution in [3.8, 4) is 0 Å². The van der Waals surface area contributed by atoms with Gasteiger partial charge in [-0.2, -0.15) is 0 Å². The Balaban J connectivity index is 2.25. The lowest BCUT2D eigenvalue weighted by molar-refractivity contribution is 0.543. The fourth-order valence-electron chi connectivity index (χ4n) is 1.89. The molecule has 0 saturated heterocycles. The molecule has 2 aromatic carbocycles. The molecule has 0 aliphatic rings. The minimum absolute atomic E-state index is 0.192. The summed E-state index contributed by atoms with van der Waals surface area (Å²) >= 11 is 9.25. The Kier molecular flexibility index (Phi) is 4.93. The van der Waals surface area contributed by atoms with Gasteiger partial charge in [0.1, 0.15) is 5.82 Å². The first-order valence-corrected chi connectivity index (χ1v) is 6.93. The lowest BCUT2D eigenvalue weighted by Gasteiger charge is -2.17. The molecule has 2 rings (SSSR count). The van der Waals surface area contributed by atoms with E-state index in [1.807, 2.05) is 30.3 Å². The molecule has 0 amide bonds. The Bertz CT molecular complexity index is 577. The zero-order chi connectivity index (χ0) is 13.8. The molecule has 0 bridgehead atoms. The molecular weight excluding hydrogens is 331 g/mol. The van der Waals surface area contributed by atoms with E-state index in [0.717, 1.165) is 11.1 Å². The third-order valence-electron chi connectivity index (χ3n) is 2.93. The van der Waals surface area contributed by atoms with E-state index in [-0.39, 0.29) is 11.9 Å². The third kappa shape index (κ3) is 3.54. The zero-order valence-electron chi connectivity index (χ0n) is 10.0. The van der Waals surface area contributed by atoms with Crippen LogP contribution in [0.1, 0.15) is 17.2 Å². The lowest BCUT2D eigenvalue weighted by atomic mass is 9.99. The van der Waals surface area contributed by atoms with Crippen LogP contribution in [0, 0.1) is 5.82 Å². The second-order valence-corrected chi connectivity index (χ2v) is 5.45. The summed E-state index contributed by atoms with van der Waals surface area (Å²) in [6.45, 7) is 0. The van der Waals surface area contributed by atoms with Gasteiger partial charge in [-0.15, -0.1) is 0 Å². The largest absolute Gasteiger partial charge is 0.271 e. The average molecular weight is 344 g/mol. The van der Waals surface area contributed by atoms with Crippen LogP contribution in [0.15, 0.2) is 46.9 Å². The fraction of sp³-hybridized carbons (Fsp3) is 0.143. The first kappa shape index (κ1) is 14.5. The van der Waals surface area contributed by atoms with Crippen molar-refractivity contribution < 1.29 is 4.39 Å². The summed E-state index contributed by atoms with van der Waals surface area (Å²) in [6.07, 6.45) is 0.594. The van der Waals surface area contributed by atoms with Crippen LogP contribution in [0.5, 0.6) is 0 Å². The highest BCUT2D eigenvalue weighted by molar-refractivity contribution is 9.10. The third-order valence-corrected chi connectivity index (χ3v) is 3.94. The van der Waals surface area contributed by atoms with E-state index in [2.05, 4.69) is 21.4 Å². The van der Waals surface area contributed by atoms with Crippen molar-refractivity contribution >= 4 is 27.5 Å². The number of hydrazine groups is 1. The van der Waals surface area contributed by atoms with Crippen LogP contribution in [0.2, 0.25) is 5.02 Å². The van der Waals surface area contributed by atoms with E-state index >= 15 is 0 Å². The zero-order valence-corrected chi connectivity index (χ0v) is 12.4. The summed E-state index contributed by atoms with van der Waals surface area (Å²) in [5.41, 5.74) is 4.45. The predicted molar refractivity (Wildman–Crippen MR) is 79.3 cm³/mol. The molecule has 0 aromatic heterocycles. The normalized spacial score (nSPS) is 12.4. The second kappa shape index (κ2) is 6.48. The first-order chi connectivity index (χ1) is 9.11. The number of hydrogen-bond donors (Lipinski definition) is 2. The Hall–Kier alpha value is -0.940. The van der Waals surface area contributed by atoms with Gasteiger partial charge in [-0.25, -0.2) is 4.39 Å². The molecule has 2 nitrogen and oxygen atoms in total. The van der Waals surface area contributed by atoms with Crippen LogP contribution in [0.25, 0.3) is 0 Å². The Labute approximate surface area is 124 Å². The maximum absolute atomic E-state index is 13.6. The fourth-order valence-corrected chi connectivity index (χ4v) is 2.35. The molecule has 3 N–H and O–H groups in total. The van der Waals surface area contributed by atoms with Crippen molar-refractivity contribution in [1.29, 1.82) is 0 Å². The molecule has 0 radical (unpaired) electrons. The van der Waals surface area contributed by atoms with Gasteiger partial charge in [-0.05, 0) is 51.7 Å². The Morgan fingerprint density at radius 3 is 2.63 bits per heavy atom. The van der Waals surface area contributed by atoms with Gasteiger partial charge < -0.3 is 0 Å². The van der Waals surface area contributed by atoms with Gasteiger partial charge in [-0.3, -0.25) is 11.3 Å². The van der Waals surface area contributed by atoms with Gasteiger partial charge in [0, 0.05) is 5.02 Å². The SMILES string of the molecule is NNC(Cc1ccccc1Cl)c1ccc(Br)c(F)c1. The molecule has 2 aromatic rings. The van der Waals surface area contributed by atoms with Crippen LogP contribution >= 0.6 is 27.5 Å². The molecule has 0 saturated carbocycles. The number of rotatable bonds is 4. The Morgan fingerprint density at radius 2 is 2.00 bits per heavy atom. The molecule has 0 aliphatic heterocycles. The minimum atomic E-state index is -0.308. The van der Waals surface area contributed by atoms with Gasteiger partial charge in [0.15, 0.2) is 0 Å². The van der Waals surface area contributed by atoms with E-state index in [9.17, 15) is 4.39 Å². The molecule has 5 heteroatoms. The summed E-state index contributed by atoms with van der Waals surface area (Å²) in [5.74, 6) is 5.26. The predicted octanol–water partition coefficient (Wildman–Crippen LogP) is 3.99. The van der Waals surface area contributed by atoms with Crippen molar-refractivity contribution in [2.75, 3.05) is 0 Å². The highest BCUT2D eigenvalue weighted by atomic mass is 79.9. The molecule has 1 atom stereocenters. The molecule has 0 heterocycles. The van der Waals surface area contributed by atoms with Crippen molar-refractivity contribution in [3.63, 3.8) is 0 Å². The van der Waals surface area contributed by atoms with Crippen LogP contribution < -0.4 is 11.3 Å². The molecule has 100 valence electrons.